The monoisotopic (exact) mass is 332 g/mol. The fourth-order valence-corrected chi connectivity index (χ4v) is 2.19. The quantitative estimate of drug-likeness (QED) is 0.634. The van der Waals surface area contributed by atoms with Gasteiger partial charge in [0.05, 0.1) is 0 Å². The second-order valence-corrected chi connectivity index (χ2v) is 4.71. The number of fused-ring (bicyclic) bond motifs is 1. The van der Waals surface area contributed by atoms with E-state index < -0.39 is 0 Å². The Morgan fingerprint density at radius 3 is 2.75 bits per heavy atom. The van der Waals surface area contributed by atoms with Crippen LogP contribution in [0.15, 0.2) is 40.9 Å². The second kappa shape index (κ2) is 3.34. The summed E-state index contributed by atoms with van der Waals surface area (Å²) < 4.78 is 2.44. The van der Waals surface area contributed by atoms with E-state index in [2.05, 4.69) is 74.9 Å². The molecule has 0 radical (unpaired) electrons. The third kappa shape index (κ3) is 1.50. The summed E-state index contributed by atoms with van der Waals surface area (Å²) in [5, 5.41) is 2.56. The molecule has 12 heavy (non-hydrogen) atoms. The average Bonchev–Trinajstić information content (AvgIpc) is 2.07. The summed E-state index contributed by atoms with van der Waals surface area (Å²) in [4.78, 5) is 0. The van der Waals surface area contributed by atoms with Gasteiger partial charge in [-0.1, -0.05) is 34.1 Å². The Bertz CT molecular complexity index is 423. The number of hydrogen-bond donors (Lipinski definition) is 0. The van der Waals surface area contributed by atoms with Crippen molar-refractivity contribution in [2.45, 2.75) is 0 Å². The van der Waals surface area contributed by atoms with Gasteiger partial charge in [0.15, 0.2) is 0 Å². The minimum atomic E-state index is 1.17. The Hall–Kier alpha value is -0.0900. The van der Waals surface area contributed by atoms with Crippen LogP contribution in [0.3, 0.4) is 0 Å². The molecular weight excluding hydrogens is 327 g/mol. The summed E-state index contributed by atoms with van der Waals surface area (Å²) in [5.74, 6) is 0. The van der Waals surface area contributed by atoms with E-state index in [0.717, 1.165) is 0 Å². The first-order valence-electron chi connectivity index (χ1n) is 3.61. The summed E-state index contributed by atoms with van der Waals surface area (Å²) in [5.41, 5.74) is 0. The van der Waals surface area contributed by atoms with Crippen molar-refractivity contribution < 1.29 is 0 Å². The zero-order valence-corrected chi connectivity index (χ0v) is 9.96. The first-order valence-corrected chi connectivity index (χ1v) is 5.48. The molecule has 0 aliphatic heterocycles. The Kier molecular flexibility index (Phi) is 2.37. The Morgan fingerprint density at radius 2 is 1.92 bits per heavy atom. The Labute approximate surface area is 93.2 Å². The van der Waals surface area contributed by atoms with Crippen molar-refractivity contribution >= 4 is 49.3 Å². The highest BCUT2D eigenvalue weighted by Gasteiger charge is 1.97. The SMILES string of the molecule is Brc1cccc2ccc(I)cc12. The maximum atomic E-state index is 3.53. The van der Waals surface area contributed by atoms with E-state index in [4.69, 9.17) is 0 Å². The molecule has 0 nitrogen and oxygen atoms in total. The molecule has 2 aromatic carbocycles. The molecule has 0 amide bonds. The van der Waals surface area contributed by atoms with Crippen LogP contribution in [-0.4, -0.2) is 0 Å². The molecule has 2 aromatic rings. The zero-order valence-electron chi connectivity index (χ0n) is 6.22. The average molecular weight is 333 g/mol. The van der Waals surface area contributed by atoms with Crippen LogP contribution in [0.2, 0.25) is 0 Å². The number of halogens is 2. The van der Waals surface area contributed by atoms with Crippen molar-refractivity contribution in [1.29, 1.82) is 0 Å². The molecule has 0 heterocycles. The molecule has 0 saturated heterocycles. The Balaban J connectivity index is 2.88. The van der Waals surface area contributed by atoms with Crippen LogP contribution < -0.4 is 0 Å². The van der Waals surface area contributed by atoms with E-state index in [-0.39, 0.29) is 0 Å². The summed E-state index contributed by atoms with van der Waals surface area (Å²) in [7, 11) is 0. The van der Waals surface area contributed by atoms with Gasteiger partial charge >= 0.3 is 0 Å². The summed E-state index contributed by atoms with van der Waals surface area (Å²) >= 11 is 5.85. The molecule has 0 fully saturated rings. The van der Waals surface area contributed by atoms with E-state index in [1.165, 1.54) is 18.8 Å². The predicted octanol–water partition coefficient (Wildman–Crippen LogP) is 4.21. The predicted molar refractivity (Wildman–Crippen MR) is 64.4 cm³/mol. The maximum absolute atomic E-state index is 3.53. The van der Waals surface area contributed by atoms with E-state index in [0.29, 0.717) is 0 Å². The maximum Gasteiger partial charge on any atom is 0.0254 e. The molecule has 0 unspecified atom stereocenters. The van der Waals surface area contributed by atoms with Gasteiger partial charge in [-0.3, -0.25) is 0 Å². The molecule has 0 N–H and O–H groups in total. The standard InChI is InChI=1S/C10H6BrI/c11-10-3-1-2-7-4-5-8(12)6-9(7)10/h1-6H. The largest absolute Gasteiger partial charge is 0.0605 e. The van der Waals surface area contributed by atoms with E-state index >= 15 is 0 Å². The smallest absolute Gasteiger partial charge is 0.0254 e. The van der Waals surface area contributed by atoms with Crippen LogP contribution >= 0.6 is 38.5 Å². The van der Waals surface area contributed by atoms with Crippen molar-refractivity contribution in [3.05, 3.63) is 44.4 Å². The van der Waals surface area contributed by atoms with Crippen LogP contribution in [-0.2, 0) is 0 Å². The van der Waals surface area contributed by atoms with Crippen LogP contribution in [0.25, 0.3) is 10.8 Å². The molecule has 0 spiro atoms. The lowest BCUT2D eigenvalue weighted by Gasteiger charge is -1.99. The van der Waals surface area contributed by atoms with Crippen molar-refractivity contribution in [3.8, 4) is 0 Å². The van der Waals surface area contributed by atoms with Gasteiger partial charge in [-0.25, -0.2) is 0 Å². The highest BCUT2D eigenvalue weighted by molar-refractivity contribution is 14.1. The third-order valence-electron chi connectivity index (χ3n) is 1.79. The lowest BCUT2D eigenvalue weighted by molar-refractivity contribution is 1.67. The van der Waals surface area contributed by atoms with Gasteiger partial charge in [-0.2, -0.15) is 0 Å². The van der Waals surface area contributed by atoms with Crippen molar-refractivity contribution in [2.24, 2.45) is 0 Å². The van der Waals surface area contributed by atoms with Crippen LogP contribution in [0.4, 0.5) is 0 Å². The summed E-state index contributed by atoms with van der Waals surface area (Å²) in [6, 6.07) is 12.7. The molecule has 2 heteroatoms. The van der Waals surface area contributed by atoms with Gasteiger partial charge in [-0.15, -0.1) is 0 Å². The first-order chi connectivity index (χ1) is 5.77. The fraction of sp³-hybridized carbons (Fsp3) is 0. The molecule has 0 aromatic heterocycles. The highest BCUT2D eigenvalue weighted by atomic mass is 127. The number of benzene rings is 2. The lowest BCUT2D eigenvalue weighted by atomic mass is 10.1. The molecule has 0 aliphatic carbocycles. The molecule has 2 rings (SSSR count). The number of hydrogen-bond acceptors (Lipinski definition) is 0. The lowest BCUT2D eigenvalue weighted by Crippen LogP contribution is -1.75. The third-order valence-corrected chi connectivity index (χ3v) is 3.15. The van der Waals surface area contributed by atoms with Crippen molar-refractivity contribution in [1.82, 2.24) is 0 Å². The number of rotatable bonds is 0. The van der Waals surface area contributed by atoms with Gasteiger partial charge < -0.3 is 0 Å². The van der Waals surface area contributed by atoms with Crippen molar-refractivity contribution in [2.75, 3.05) is 0 Å². The van der Waals surface area contributed by atoms with Crippen molar-refractivity contribution in [3.63, 3.8) is 0 Å². The molecule has 0 atom stereocenters. The summed E-state index contributed by atoms with van der Waals surface area (Å²) in [6.45, 7) is 0. The second-order valence-electron chi connectivity index (χ2n) is 2.61. The van der Waals surface area contributed by atoms with Gasteiger partial charge in [0.2, 0.25) is 0 Å². The molecule has 0 aliphatic rings. The molecular formula is C10H6BrI. The van der Waals surface area contributed by atoms with Crippen LogP contribution in [0, 0.1) is 3.57 Å². The van der Waals surface area contributed by atoms with E-state index in [9.17, 15) is 0 Å². The van der Waals surface area contributed by atoms with Gasteiger partial charge in [0.1, 0.15) is 0 Å². The normalized spacial score (nSPS) is 10.5. The fourth-order valence-electron chi connectivity index (χ4n) is 1.21. The highest BCUT2D eigenvalue weighted by Crippen LogP contribution is 2.25. The Morgan fingerprint density at radius 1 is 1.08 bits per heavy atom. The molecule has 0 bridgehead atoms. The molecule has 60 valence electrons. The van der Waals surface area contributed by atoms with Crippen LogP contribution in [0.1, 0.15) is 0 Å². The van der Waals surface area contributed by atoms with E-state index in [1.54, 1.807) is 0 Å². The molecule has 0 saturated carbocycles. The van der Waals surface area contributed by atoms with Gasteiger partial charge in [0.25, 0.3) is 0 Å². The van der Waals surface area contributed by atoms with Crippen LogP contribution in [0.5, 0.6) is 0 Å². The van der Waals surface area contributed by atoms with E-state index in [1.807, 2.05) is 0 Å². The zero-order chi connectivity index (χ0) is 8.55. The summed E-state index contributed by atoms with van der Waals surface area (Å²) in [6.07, 6.45) is 0. The van der Waals surface area contributed by atoms with Gasteiger partial charge in [-0.05, 0) is 51.6 Å². The topological polar surface area (TPSA) is 0 Å². The first kappa shape index (κ1) is 8.51. The minimum absolute atomic E-state index is 1.17. The van der Waals surface area contributed by atoms with Gasteiger partial charge in [0, 0.05) is 8.04 Å². The minimum Gasteiger partial charge on any atom is -0.0605 e.